The van der Waals surface area contributed by atoms with Crippen molar-refractivity contribution in [3.05, 3.63) is 17.7 Å². The molecule has 0 bridgehead atoms. The maximum absolute atomic E-state index is 5.38. The van der Waals surface area contributed by atoms with Crippen molar-refractivity contribution in [2.75, 3.05) is 19.5 Å². The first-order valence-electron chi connectivity index (χ1n) is 6.97. The zero-order valence-electron chi connectivity index (χ0n) is 12.7. The molecule has 1 aliphatic carbocycles. The van der Waals surface area contributed by atoms with Gasteiger partial charge in [0, 0.05) is 17.8 Å². The molecular formula is C16H25NO2. The Hall–Kier alpha value is -1.38. The fourth-order valence-corrected chi connectivity index (χ4v) is 2.92. The molecule has 1 aromatic carbocycles. The van der Waals surface area contributed by atoms with E-state index in [0.717, 1.165) is 17.2 Å². The largest absolute Gasteiger partial charge is 0.493 e. The van der Waals surface area contributed by atoms with Crippen LogP contribution in [0.1, 0.15) is 38.7 Å². The number of anilines is 1. The molecule has 106 valence electrons. The van der Waals surface area contributed by atoms with Gasteiger partial charge in [0.25, 0.3) is 0 Å². The summed E-state index contributed by atoms with van der Waals surface area (Å²) in [6.07, 6.45) is 3.83. The molecule has 0 spiro atoms. The van der Waals surface area contributed by atoms with E-state index in [1.165, 1.54) is 24.8 Å². The van der Waals surface area contributed by atoms with E-state index in [2.05, 4.69) is 26.1 Å². The molecule has 3 nitrogen and oxygen atoms in total. The molecule has 2 rings (SSSR count). The highest BCUT2D eigenvalue weighted by Crippen LogP contribution is 2.41. The number of hydrogen-bond acceptors (Lipinski definition) is 3. The summed E-state index contributed by atoms with van der Waals surface area (Å²) in [6.45, 7) is 6.79. The highest BCUT2D eigenvalue weighted by Gasteiger charge is 2.34. The number of ether oxygens (including phenoxy) is 2. The summed E-state index contributed by atoms with van der Waals surface area (Å²) in [4.78, 5) is 0. The Kier molecular flexibility index (Phi) is 3.93. The van der Waals surface area contributed by atoms with Crippen molar-refractivity contribution in [3.63, 3.8) is 0 Å². The second-order valence-electron chi connectivity index (χ2n) is 6.10. The summed E-state index contributed by atoms with van der Waals surface area (Å²) in [5.41, 5.74) is 2.71. The Labute approximate surface area is 116 Å². The molecule has 0 aliphatic heterocycles. The molecule has 19 heavy (non-hydrogen) atoms. The third-order valence-corrected chi connectivity index (χ3v) is 4.32. The van der Waals surface area contributed by atoms with Crippen LogP contribution in [0.2, 0.25) is 0 Å². The Morgan fingerprint density at radius 3 is 2.32 bits per heavy atom. The molecule has 0 radical (unpaired) electrons. The first-order chi connectivity index (χ1) is 8.97. The lowest BCUT2D eigenvalue weighted by Crippen LogP contribution is -2.31. The van der Waals surface area contributed by atoms with Crippen LogP contribution in [0.25, 0.3) is 0 Å². The Balaban J connectivity index is 2.25. The maximum Gasteiger partial charge on any atom is 0.162 e. The molecule has 1 aliphatic rings. The van der Waals surface area contributed by atoms with E-state index in [0.29, 0.717) is 11.5 Å². The monoisotopic (exact) mass is 263 g/mol. The van der Waals surface area contributed by atoms with Gasteiger partial charge in [0.15, 0.2) is 11.5 Å². The van der Waals surface area contributed by atoms with Crippen LogP contribution >= 0.6 is 0 Å². The van der Waals surface area contributed by atoms with E-state index >= 15 is 0 Å². The lowest BCUT2D eigenvalue weighted by molar-refractivity contribution is 0.347. The van der Waals surface area contributed by atoms with Crippen molar-refractivity contribution in [2.24, 2.45) is 5.41 Å². The van der Waals surface area contributed by atoms with Crippen molar-refractivity contribution in [2.45, 2.75) is 46.1 Å². The summed E-state index contributed by atoms with van der Waals surface area (Å²) in [5, 5.41) is 3.69. The predicted molar refractivity (Wildman–Crippen MR) is 79.3 cm³/mol. The molecule has 1 saturated carbocycles. The average Bonchev–Trinajstić information content (AvgIpc) is 2.70. The van der Waals surface area contributed by atoms with Crippen LogP contribution in [0.15, 0.2) is 12.1 Å². The summed E-state index contributed by atoms with van der Waals surface area (Å²) in [7, 11) is 3.35. The fraction of sp³-hybridized carbons (Fsp3) is 0.625. The van der Waals surface area contributed by atoms with Crippen molar-refractivity contribution in [1.29, 1.82) is 0 Å². The first kappa shape index (κ1) is 14.0. The van der Waals surface area contributed by atoms with E-state index in [1.807, 2.05) is 12.1 Å². The second-order valence-corrected chi connectivity index (χ2v) is 6.10. The zero-order chi connectivity index (χ0) is 14.0. The van der Waals surface area contributed by atoms with Crippen molar-refractivity contribution < 1.29 is 9.47 Å². The molecule has 0 amide bonds. The normalized spacial score (nSPS) is 21.2. The van der Waals surface area contributed by atoms with Gasteiger partial charge in [-0.3, -0.25) is 0 Å². The van der Waals surface area contributed by atoms with Crippen LogP contribution in [-0.4, -0.2) is 20.3 Å². The summed E-state index contributed by atoms with van der Waals surface area (Å²) in [5.74, 6) is 1.57. The molecule has 1 N–H and O–H groups in total. The van der Waals surface area contributed by atoms with Crippen LogP contribution in [0.5, 0.6) is 11.5 Å². The molecule has 1 atom stereocenters. The van der Waals surface area contributed by atoms with Gasteiger partial charge in [0.2, 0.25) is 0 Å². The van der Waals surface area contributed by atoms with Gasteiger partial charge in [0.05, 0.1) is 14.2 Å². The van der Waals surface area contributed by atoms with E-state index in [9.17, 15) is 0 Å². The SMILES string of the molecule is COc1cc(C)c(NC2CCCC2(C)C)cc1OC. The smallest absolute Gasteiger partial charge is 0.162 e. The maximum atomic E-state index is 5.38. The molecule has 0 saturated heterocycles. The number of methoxy groups -OCH3 is 2. The fourth-order valence-electron chi connectivity index (χ4n) is 2.92. The van der Waals surface area contributed by atoms with Gasteiger partial charge in [-0.15, -0.1) is 0 Å². The summed E-state index contributed by atoms with van der Waals surface area (Å²) < 4.78 is 10.7. The first-order valence-corrected chi connectivity index (χ1v) is 6.97. The molecule has 0 heterocycles. The minimum atomic E-state index is 0.361. The second kappa shape index (κ2) is 5.32. The van der Waals surface area contributed by atoms with Gasteiger partial charge in [-0.1, -0.05) is 20.3 Å². The minimum Gasteiger partial charge on any atom is -0.493 e. The Morgan fingerprint density at radius 2 is 1.79 bits per heavy atom. The van der Waals surface area contributed by atoms with Crippen LogP contribution < -0.4 is 14.8 Å². The average molecular weight is 263 g/mol. The number of benzene rings is 1. The summed E-state index contributed by atoms with van der Waals surface area (Å²) >= 11 is 0. The molecule has 1 unspecified atom stereocenters. The minimum absolute atomic E-state index is 0.361. The lowest BCUT2D eigenvalue weighted by atomic mass is 9.87. The van der Waals surface area contributed by atoms with E-state index in [4.69, 9.17) is 9.47 Å². The van der Waals surface area contributed by atoms with Gasteiger partial charge >= 0.3 is 0 Å². The number of hydrogen-bond donors (Lipinski definition) is 1. The van der Waals surface area contributed by atoms with Crippen LogP contribution in [-0.2, 0) is 0 Å². The van der Waals surface area contributed by atoms with Gasteiger partial charge in [-0.05, 0) is 36.8 Å². The molecule has 1 aromatic rings. The van der Waals surface area contributed by atoms with Crippen LogP contribution in [0.3, 0.4) is 0 Å². The van der Waals surface area contributed by atoms with E-state index in [-0.39, 0.29) is 0 Å². The lowest BCUT2D eigenvalue weighted by Gasteiger charge is -2.29. The quantitative estimate of drug-likeness (QED) is 0.890. The van der Waals surface area contributed by atoms with Gasteiger partial charge < -0.3 is 14.8 Å². The standard InChI is InChI=1S/C16H25NO2/c1-11-9-13(18-4)14(19-5)10-12(11)17-15-7-6-8-16(15,2)3/h9-10,15,17H,6-8H2,1-5H3. The highest BCUT2D eigenvalue weighted by atomic mass is 16.5. The number of nitrogens with one attached hydrogen (secondary N) is 1. The number of aryl methyl sites for hydroxylation is 1. The van der Waals surface area contributed by atoms with Crippen LogP contribution in [0.4, 0.5) is 5.69 Å². The summed E-state index contributed by atoms with van der Waals surface area (Å²) in [6, 6.07) is 4.61. The highest BCUT2D eigenvalue weighted by molar-refractivity contribution is 5.60. The Morgan fingerprint density at radius 1 is 1.16 bits per heavy atom. The third kappa shape index (κ3) is 2.80. The van der Waals surface area contributed by atoms with Gasteiger partial charge in [-0.2, -0.15) is 0 Å². The van der Waals surface area contributed by atoms with Crippen LogP contribution in [0, 0.1) is 12.3 Å². The van der Waals surface area contributed by atoms with Crippen molar-refractivity contribution in [3.8, 4) is 11.5 Å². The van der Waals surface area contributed by atoms with Crippen molar-refractivity contribution in [1.82, 2.24) is 0 Å². The molecule has 0 aromatic heterocycles. The molecule has 3 heteroatoms. The zero-order valence-corrected chi connectivity index (χ0v) is 12.7. The third-order valence-electron chi connectivity index (χ3n) is 4.32. The van der Waals surface area contributed by atoms with Crippen molar-refractivity contribution >= 4 is 5.69 Å². The predicted octanol–water partition coefficient (Wildman–Crippen LogP) is 4.00. The van der Waals surface area contributed by atoms with Gasteiger partial charge in [0.1, 0.15) is 0 Å². The topological polar surface area (TPSA) is 30.5 Å². The van der Waals surface area contributed by atoms with E-state index in [1.54, 1.807) is 14.2 Å². The molecule has 1 fully saturated rings. The Bertz CT molecular complexity index is 454. The van der Waals surface area contributed by atoms with Gasteiger partial charge in [-0.25, -0.2) is 0 Å². The van der Waals surface area contributed by atoms with E-state index < -0.39 is 0 Å². The molecular weight excluding hydrogens is 238 g/mol. The number of rotatable bonds is 4.